The average molecular weight is 420 g/mol. The van der Waals surface area contributed by atoms with Crippen LogP contribution in [0.1, 0.15) is 27.3 Å². The zero-order chi connectivity index (χ0) is 21.8. The van der Waals surface area contributed by atoms with Crippen molar-refractivity contribution in [2.24, 2.45) is 0 Å². The molecule has 0 spiro atoms. The summed E-state index contributed by atoms with van der Waals surface area (Å²) in [6.45, 7) is 0.267. The average Bonchev–Trinajstić information content (AvgIpc) is 3.20. The van der Waals surface area contributed by atoms with Crippen molar-refractivity contribution in [2.75, 3.05) is 7.11 Å². The van der Waals surface area contributed by atoms with Crippen molar-refractivity contribution >= 4 is 29.0 Å². The summed E-state index contributed by atoms with van der Waals surface area (Å²) in [6, 6.07) is 12.1. The van der Waals surface area contributed by atoms with Gasteiger partial charge in [-0.15, -0.1) is 0 Å². The highest BCUT2D eigenvalue weighted by Crippen LogP contribution is 2.32. The van der Waals surface area contributed by atoms with E-state index < -0.39 is 11.6 Å². The van der Waals surface area contributed by atoms with Gasteiger partial charge in [0.2, 0.25) is 0 Å². The van der Waals surface area contributed by atoms with Gasteiger partial charge >= 0.3 is 0 Å². The van der Waals surface area contributed by atoms with E-state index in [1.165, 1.54) is 25.3 Å². The number of aromatic nitrogens is 3. The standard InChI is InChI=1S/C23H18F2N4O2/c1-31-22-17(23(30)27-13-16-4-2-3-11-26-16)8-10-20-21(22)19(28-29-20)9-6-14-5-7-15(24)12-18(14)25/h2-12H,13H2,1H3,(H,27,30)(H,28,29). The van der Waals surface area contributed by atoms with E-state index in [2.05, 4.69) is 20.5 Å². The van der Waals surface area contributed by atoms with Crippen molar-refractivity contribution in [1.29, 1.82) is 0 Å². The second-order valence-electron chi connectivity index (χ2n) is 6.68. The number of hydrogen-bond acceptors (Lipinski definition) is 4. The van der Waals surface area contributed by atoms with Crippen molar-refractivity contribution in [1.82, 2.24) is 20.5 Å². The monoisotopic (exact) mass is 420 g/mol. The maximum absolute atomic E-state index is 13.9. The van der Waals surface area contributed by atoms with Crippen LogP contribution in [-0.4, -0.2) is 28.2 Å². The number of fused-ring (bicyclic) bond motifs is 1. The van der Waals surface area contributed by atoms with Crippen LogP contribution in [0.15, 0.2) is 54.7 Å². The number of amides is 1. The molecule has 0 unspecified atom stereocenters. The number of ether oxygens (including phenoxy) is 1. The molecule has 0 aliphatic carbocycles. The van der Waals surface area contributed by atoms with Gasteiger partial charge in [-0.2, -0.15) is 5.10 Å². The Balaban J connectivity index is 1.66. The van der Waals surface area contributed by atoms with Crippen molar-refractivity contribution in [2.45, 2.75) is 6.54 Å². The Morgan fingerprint density at radius 1 is 1.16 bits per heavy atom. The minimum atomic E-state index is -0.683. The molecule has 156 valence electrons. The fraction of sp³-hybridized carbons (Fsp3) is 0.0870. The number of carbonyl (C=O) groups excluding carboxylic acids is 1. The van der Waals surface area contributed by atoms with Crippen LogP contribution in [0, 0.1) is 11.6 Å². The van der Waals surface area contributed by atoms with Crippen molar-refractivity contribution in [3.05, 3.63) is 88.9 Å². The van der Waals surface area contributed by atoms with Gasteiger partial charge in [0.05, 0.1) is 41.5 Å². The molecule has 2 aromatic heterocycles. The normalized spacial score (nSPS) is 11.2. The predicted octanol–water partition coefficient (Wildman–Crippen LogP) is 4.35. The van der Waals surface area contributed by atoms with Crippen LogP contribution in [0.4, 0.5) is 8.78 Å². The van der Waals surface area contributed by atoms with Crippen molar-refractivity contribution in [3.63, 3.8) is 0 Å². The molecule has 0 aliphatic heterocycles. The van der Waals surface area contributed by atoms with E-state index in [-0.39, 0.29) is 18.0 Å². The van der Waals surface area contributed by atoms with Crippen molar-refractivity contribution in [3.8, 4) is 5.75 Å². The minimum Gasteiger partial charge on any atom is -0.495 e. The molecule has 0 aliphatic rings. The molecular weight excluding hydrogens is 402 g/mol. The van der Waals surface area contributed by atoms with E-state index in [0.29, 0.717) is 27.9 Å². The lowest BCUT2D eigenvalue weighted by molar-refractivity contribution is 0.0947. The van der Waals surface area contributed by atoms with E-state index >= 15 is 0 Å². The Morgan fingerprint density at radius 2 is 2.03 bits per heavy atom. The Morgan fingerprint density at radius 3 is 2.77 bits per heavy atom. The first kappa shape index (κ1) is 20.2. The molecular formula is C23H18F2N4O2. The number of aromatic amines is 1. The van der Waals surface area contributed by atoms with Crippen LogP contribution in [0.3, 0.4) is 0 Å². The van der Waals surface area contributed by atoms with E-state index in [9.17, 15) is 13.6 Å². The highest BCUT2D eigenvalue weighted by molar-refractivity contribution is 6.05. The Hall–Kier alpha value is -4.07. The minimum absolute atomic E-state index is 0.209. The van der Waals surface area contributed by atoms with Gasteiger partial charge in [0, 0.05) is 17.8 Å². The molecule has 2 heterocycles. The van der Waals surface area contributed by atoms with Crippen LogP contribution >= 0.6 is 0 Å². The van der Waals surface area contributed by atoms with E-state index in [0.717, 1.165) is 11.8 Å². The molecule has 8 heteroatoms. The van der Waals surface area contributed by atoms with E-state index in [4.69, 9.17) is 4.74 Å². The molecule has 1 amide bonds. The molecule has 2 aromatic carbocycles. The molecule has 0 atom stereocenters. The molecule has 4 rings (SSSR count). The van der Waals surface area contributed by atoms with Gasteiger partial charge in [0.25, 0.3) is 5.91 Å². The Kier molecular flexibility index (Phi) is 5.70. The third kappa shape index (κ3) is 4.28. The van der Waals surface area contributed by atoms with Crippen LogP contribution in [0.25, 0.3) is 23.1 Å². The molecule has 2 N–H and O–H groups in total. The first-order valence-corrected chi connectivity index (χ1v) is 9.43. The molecule has 0 saturated heterocycles. The van der Waals surface area contributed by atoms with Crippen LogP contribution in [0.2, 0.25) is 0 Å². The summed E-state index contributed by atoms with van der Waals surface area (Å²) >= 11 is 0. The zero-order valence-corrected chi connectivity index (χ0v) is 16.5. The molecule has 31 heavy (non-hydrogen) atoms. The molecule has 0 radical (unpaired) electrons. The number of hydrogen-bond donors (Lipinski definition) is 2. The number of nitrogens with zero attached hydrogens (tertiary/aromatic N) is 2. The number of carbonyl (C=O) groups is 1. The molecule has 0 fully saturated rings. The second kappa shape index (κ2) is 8.74. The topological polar surface area (TPSA) is 79.9 Å². The van der Waals surface area contributed by atoms with Gasteiger partial charge in [-0.05, 0) is 48.6 Å². The predicted molar refractivity (Wildman–Crippen MR) is 113 cm³/mol. The third-order valence-corrected chi connectivity index (χ3v) is 4.70. The third-order valence-electron chi connectivity index (χ3n) is 4.70. The van der Waals surface area contributed by atoms with Gasteiger partial charge in [0.15, 0.2) is 0 Å². The fourth-order valence-electron chi connectivity index (χ4n) is 3.19. The number of halogens is 2. The Bertz CT molecular complexity index is 1270. The fourth-order valence-corrected chi connectivity index (χ4v) is 3.19. The SMILES string of the molecule is COc1c(C(=O)NCc2ccccn2)ccc2[nH]nc(C=Cc3ccc(F)cc3F)c12. The number of rotatable bonds is 6. The summed E-state index contributed by atoms with van der Waals surface area (Å²) in [5.74, 6) is -1.32. The number of benzene rings is 2. The van der Waals surface area contributed by atoms with Crippen molar-refractivity contribution < 1.29 is 18.3 Å². The molecule has 4 aromatic rings. The van der Waals surface area contributed by atoms with E-state index in [1.807, 2.05) is 12.1 Å². The maximum Gasteiger partial charge on any atom is 0.255 e. The van der Waals surface area contributed by atoms with Crippen LogP contribution in [-0.2, 0) is 6.54 Å². The summed E-state index contributed by atoms with van der Waals surface area (Å²) < 4.78 is 32.6. The number of methoxy groups -OCH3 is 1. The van der Waals surface area contributed by atoms with Crippen LogP contribution < -0.4 is 10.1 Å². The lowest BCUT2D eigenvalue weighted by atomic mass is 10.1. The summed E-state index contributed by atoms with van der Waals surface area (Å²) in [7, 11) is 1.46. The quantitative estimate of drug-likeness (QED) is 0.486. The number of pyridine rings is 1. The summed E-state index contributed by atoms with van der Waals surface area (Å²) in [4.78, 5) is 17.0. The highest BCUT2D eigenvalue weighted by Gasteiger charge is 2.19. The first-order valence-electron chi connectivity index (χ1n) is 9.43. The maximum atomic E-state index is 13.9. The second-order valence-corrected chi connectivity index (χ2v) is 6.68. The highest BCUT2D eigenvalue weighted by atomic mass is 19.1. The molecule has 0 bridgehead atoms. The smallest absolute Gasteiger partial charge is 0.255 e. The van der Waals surface area contributed by atoms with Crippen LogP contribution in [0.5, 0.6) is 5.75 Å². The van der Waals surface area contributed by atoms with Gasteiger partial charge in [-0.25, -0.2) is 8.78 Å². The Labute approximate surface area is 176 Å². The van der Waals surface area contributed by atoms with Gasteiger partial charge in [-0.3, -0.25) is 14.9 Å². The van der Waals surface area contributed by atoms with Gasteiger partial charge in [0.1, 0.15) is 17.4 Å². The largest absolute Gasteiger partial charge is 0.495 e. The van der Waals surface area contributed by atoms with Gasteiger partial charge < -0.3 is 10.1 Å². The lowest BCUT2D eigenvalue weighted by Crippen LogP contribution is -2.23. The number of H-pyrrole nitrogens is 1. The summed E-state index contributed by atoms with van der Waals surface area (Å²) in [6.07, 6.45) is 4.72. The summed E-state index contributed by atoms with van der Waals surface area (Å²) in [5, 5.41) is 10.5. The summed E-state index contributed by atoms with van der Waals surface area (Å²) in [5.41, 5.74) is 2.37. The van der Waals surface area contributed by atoms with Gasteiger partial charge in [-0.1, -0.05) is 6.07 Å². The first-order chi connectivity index (χ1) is 15.1. The zero-order valence-electron chi connectivity index (χ0n) is 16.5. The molecule has 0 saturated carbocycles. The van der Waals surface area contributed by atoms with E-state index in [1.54, 1.807) is 30.5 Å². The molecule has 6 nitrogen and oxygen atoms in total. The lowest BCUT2D eigenvalue weighted by Gasteiger charge is -2.10. The number of nitrogens with one attached hydrogen (secondary N) is 2.